The molecule has 51 heavy (non-hydrogen) atoms. The molecule has 1 aliphatic carbocycles. The lowest BCUT2D eigenvalue weighted by molar-refractivity contribution is 0.768. The van der Waals surface area contributed by atoms with E-state index in [4.69, 9.17) is 0 Å². The minimum Gasteiger partial charge on any atom is -0.310 e. The monoisotopic (exact) mass is 667 g/mol. The summed E-state index contributed by atoms with van der Waals surface area (Å²) >= 11 is 1.86. The van der Waals surface area contributed by atoms with Gasteiger partial charge in [-0.25, -0.2) is 0 Å². The van der Waals surface area contributed by atoms with E-state index >= 15 is 0 Å². The van der Waals surface area contributed by atoms with Gasteiger partial charge in [0.1, 0.15) is 0 Å². The molecule has 0 aliphatic heterocycles. The molecule has 0 radical (unpaired) electrons. The van der Waals surface area contributed by atoms with Crippen LogP contribution in [0.3, 0.4) is 0 Å². The van der Waals surface area contributed by atoms with Gasteiger partial charge in [0.25, 0.3) is 0 Å². The van der Waals surface area contributed by atoms with Crippen LogP contribution in [0.1, 0.15) is 22.3 Å². The van der Waals surface area contributed by atoms with E-state index in [1.807, 2.05) is 11.3 Å². The standard InChI is InChI=1S/C49H33NS/c1-4-17-35(18-5-1)49(36-19-6-2-7-20-36)44-27-12-10-25-43(44)48-40(26-15-28-45(48)49)34-16-14-23-38(32-34)50(37-21-8-3-9-22-37)39-30-31-42-41-24-11-13-29-46(41)51-47(42)33-39/h1-33H. The Morgan fingerprint density at radius 2 is 0.941 bits per heavy atom. The van der Waals surface area contributed by atoms with Gasteiger partial charge in [0.05, 0.1) is 5.41 Å². The molecule has 1 heterocycles. The van der Waals surface area contributed by atoms with Crippen molar-refractivity contribution < 1.29 is 0 Å². The van der Waals surface area contributed by atoms with Crippen molar-refractivity contribution in [1.82, 2.24) is 0 Å². The Bertz CT molecular complexity index is 2650. The fourth-order valence-corrected chi connectivity index (χ4v) is 9.56. The van der Waals surface area contributed by atoms with E-state index in [0.29, 0.717) is 0 Å². The van der Waals surface area contributed by atoms with Crippen LogP contribution < -0.4 is 4.90 Å². The number of anilines is 3. The third kappa shape index (κ3) is 4.61. The van der Waals surface area contributed by atoms with E-state index in [9.17, 15) is 0 Å². The van der Waals surface area contributed by atoms with Crippen LogP contribution in [-0.2, 0) is 5.41 Å². The molecule has 10 rings (SSSR count). The summed E-state index contributed by atoms with van der Waals surface area (Å²) in [5.41, 5.74) is 13.2. The number of para-hydroxylation sites is 1. The van der Waals surface area contributed by atoms with Crippen LogP contribution in [0.4, 0.5) is 17.1 Å². The highest BCUT2D eigenvalue weighted by Crippen LogP contribution is 2.58. The molecule has 0 atom stereocenters. The molecule has 240 valence electrons. The summed E-state index contributed by atoms with van der Waals surface area (Å²) in [7, 11) is 0. The second-order valence-electron chi connectivity index (χ2n) is 13.3. The first-order valence-corrected chi connectivity index (χ1v) is 18.3. The maximum absolute atomic E-state index is 2.39. The highest BCUT2D eigenvalue weighted by Gasteiger charge is 2.46. The minimum absolute atomic E-state index is 0.433. The molecule has 0 bridgehead atoms. The van der Waals surface area contributed by atoms with Crippen molar-refractivity contribution in [2.24, 2.45) is 0 Å². The molecule has 0 spiro atoms. The number of benzene rings is 8. The number of nitrogens with zero attached hydrogens (tertiary/aromatic N) is 1. The average Bonchev–Trinajstić information content (AvgIpc) is 3.73. The third-order valence-corrected chi connectivity index (χ3v) is 11.7. The highest BCUT2D eigenvalue weighted by molar-refractivity contribution is 7.25. The van der Waals surface area contributed by atoms with Crippen molar-refractivity contribution in [1.29, 1.82) is 0 Å². The molecule has 9 aromatic rings. The van der Waals surface area contributed by atoms with Crippen LogP contribution in [0, 0.1) is 0 Å². The maximum atomic E-state index is 2.39. The van der Waals surface area contributed by atoms with Gasteiger partial charge in [-0.15, -0.1) is 11.3 Å². The van der Waals surface area contributed by atoms with Gasteiger partial charge in [0, 0.05) is 37.2 Å². The lowest BCUT2D eigenvalue weighted by atomic mass is 9.67. The van der Waals surface area contributed by atoms with Gasteiger partial charge in [0.15, 0.2) is 0 Å². The van der Waals surface area contributed by atoms with Gasteiger partial charge < -0.3 is 4.90 Å². The quantitative estimate of drug-likeness (QED) is 0.171. The van der Waals surface area contributed by atoms with E-state index in [1.165, 1.54) is 64.7 Å². The van der Waals surface area contributed by atoms with E-state index in [0.717, 1.165) is 17.1 Å². The smallest absolute Gasteiger partial charge is 0.0713 e. The summed E-state index contributed by atoms with van der Waals surface area (Å²) in [6.07, 6.45) is 0. The number of hydrogen-bond donors (Lipinski definition) is 0. The second-order valence-corrected chi connectivity index (χ2v) is 14.3. The first kappa shape index (κ1) is 29.7. The lowest BCUT2D eigenvalue weighted by Gasteiger charge is -2.34. The molecule has 0 N–H and O–H groups in total. The number of rotatable bonds is 6. The molecule has 1 aromatic heterocycles. The molecule has 0 amide bonds. The first-order chi connectivity index (χ1) is 25.3. The normalized spacial score (nSPS) is 12.9. The van der Waals surface area contributed by atoms with Crippen LogP contribution in [0.2, 0.25) is 0 Å². The van der Waals surface area contributed by atoms with Gasteiger partial charge in [-0.3, -0.25) is 0 Å². The lowest BCUT2D eigenvalue weighted by Crippen LogP contribution is -2.28. The zero-order chi connectivity index (χ0) is 33.8. The van der Waals surface area contributed by atoms with Crippen molar-refractivity contribution in [3.63, 3.8) is 0 Å². The topological polar surface area (TPSA) is 3.24 Å². The molecule has 0 saturated carbocycles. The summed E-state index contributed by atoms with van der Waals surface area (Å²) in [5.74, 6) is 0. The molecule has 8 aromatic carbocycles. The third-order valence-electron chi connectivity index (χ3n) is 10.5. The Morgan fingerprint density at radius 3 is 1.73 bits per heavy atom. The van der Waals surface area contributed by atoms with Crippen LogP contribution in [-0.4, -0.2) is 0 Å². The molecule has 2 heteroatoms. The molecular formula is C49H33NS. The molecule has 1 aliphatic rings. The molecule has 0 unspecified atom stereocenters. The molecule has 0 saturated heterocycles. The van der Waals surface area contributed by atoms with Gasteiger partial charge >= 0.3 is 0 Å². The van der Waals surface area contributed by atoms with Crippen molar-refractivity contribution in [3.8, 4) is 22.3 Å². The van der Waals surface area contributed by atoms with E-state index < -0.39 is 5.41 Å². The summed E-state index contributed by atoms with van der Waals surface area (Å²) in [4.78, 5) is 2.39. The fraction of sp³-hybridized carbons (Fsp3) is 0.0204. The minimum atomic E-state index is -0.433. The summed E-state index contributed by atoms with van der Waals surface area (Å²) in [6, 6.07) is 73.4. The first-order valence-electron chi connectivity index (χ1n) is 17.5. The summed E-state index contributed by atoms with van der Waals surface area (Å²) in [6.45, 7) is 0. The van der Waals surface area contributed by atoms with Crippen LogP contribution >= 0.6 is 11.3 Å². The Hall–Kier alpha value is -6.22. The zero-order valence-electron chi connectivity index (χ0n) is 27.9. The Labute approximate surface area is 302 Å². The van der Waals surface area contributed by atoms with E-state index in [1.54, 1.807) is 0 Å². The van der Waals surface area contributed by atoms with Gasteiger partial charge in [-0.1, -0.05) is 158 Å². The SMILES string of the molecule is c1ccc(N(c2cccc(-c3cccc4c3-c3ccccc3C4(c3ccccc3)c3ccccc3)c2)c2ccc3c(c2)sc2ccccc23)cc1. The maximum Gasteiger partial charge on any atom is 0.0713 e. The number of fused-ring (bicyclic) bond motifs is 6. The van der Waals surface area contributed by atoms with Crippen molar-refractivity contribution >= 4 is 48.6 Å². The van der Waals surface area contributed by atoms with Crippen LogP contribution in [0.25, 0.3) is 42.4 Å². The largest absolute Gasteiger partial charge is 0.310 e. The van der Waals surface area contributed by atoms with Crippen molar-refractivity contribution in [2.45, 2.75) is 5.41 Å². The van der Waals surface area contributed by atoms with Crippen molar-refractivity contribution in [3.05, 3.63) is 222 Å². The van der Waals surface area contributed by atoms with E-state index in [-0.39, 0.29) is 0 Å². The van der Waals surface area contributed by atoms with Crippen molar-refractivity contribution in [2.75, 3.05) is 4.90 Å². The van der Waals surface area contributed by atoms with Gasteiger partial charge in [0.2, 0.25) is 0 Å². The highest BCUT2D eigenvalue weighted by atomic mass is 32.1. The zero-order valence-corrected chi connectivity index (χ0v) is 28.7. The predicted molar refractivity (Wildman–Crippen MR) is 217 cm³/mol. The number of thiophene rings is 1. The molecule has 0 fully saturated rings. The van der Waals surface area contributed by atoms with Crippen LogP contribution in [0.5, 0.6) is 0 Å². The average molecular weight is 668 g/mol. The Kier molecular flexibility index (Phi) is 6.97. The summed E-state index contributed by atoms with van der Waals surface area (Å²) < 4.78 is 2.61. The number of hydrogen-bond acceptors (Lipinski definition) is 2. The fourth-order valence-electron chi connectivity index (χ4n) is 8.42. The van der Waals surface area contributed by atoms with E-state index in [2.05, 4.69) is 205 Å². The molecule has 1 nitrogen and oxygen atoms in total. The summed E-state index contributed by atoms with van der Waals surface area (Å²) in [5, 5.41) is 2.62. The predicted octanol–water partition coefficient (Wildman–Crippen LogP) is 13.6. The molecular weight excluding hydrogens is 635 g/mol. The Morgan fingerprint density at radius 1 is 0.373 bits per heavy atom. The van der Waals surface area contributed by atoms with Gasteiger partial charge in [-0.2, -0.15) is 0 Å². The Balaban J connectivity index is 1.18. The van der Waals surface area contributed by atoms with Gasteiger partial charge in [-0.05, 0) is 87.0 Å². The van der Waals surface area contributed by atoms with Crippen LogP contribution in [0.15, 0.2) is 200 Å². The second kappa shape index (κ2) is 12.0.